The second-order valence-corrected chi connectivity index (χ2v) is 26.8. The monoisotopic (exact) mass is 921 g/mol. The summed E-state index contributed by atoms with van der Waals surface area (Å²) in [5.41, 5.74) is 26.4. The molecule has 1 aliphatic carbocycles. The zero-order valence-corrected chi connectivity index (χ0v) is 45.6. The molecular weight excluding hydrogens is 844 g/mol. The molecule has 10 rings (SSSR count). The molecule has 0 amide bonds. The summed E-state index contributed by atoms with van der Waals surface area (Å²) in [5, 5.41) is 0. The lowest BCUT2D eigenvalue weighted by atomic mass is 9.33. The van der Waals surface area contributed by atoms with Gasteiger partial charge in [0.05, 0.1) is 5.69 Å². The quantitative estimate of drug-likeness (QED) is 0.162. The number of aryl methyl sites for hydroxylation is 1. The number of hydrogen-bond donors (Lipinski definition) is 0. The van der Waals surface area contributed by atoms with Crippen LogP contribution in [-0.2, 0) is 32.5 Å². The van der Waals surface area contributed by atoms with Crippen LogP contribution in [0.1, 0.15) is 163 Å². The third kappa shape index (κ3) is 8.14. The maximum atomic E-state index is 2.70. The van der Waals surface area contributed by atoms with Crippen LogP contribution in [0.4, 0.5) is 34.1 Å². The predicted octanol–water partition coefficient (Wildman–Crippen LogP) is 17.0. The molecule has 0 atom stereocenters. The summed E-state index contributed by atoms with van der Waals surface area (Å²) < 4.78 is 0. The first kappa shape index (κ1) is 47.9. The lowest BCUT2D eigenvalue weighted by molar-refractivity contribution is 0.332. The molecule has 0 fully saturated rings. The van der Waals surface area contributed by atoms with Crippen molar-refractivity contribution < 1.29 is 0 Å². The highest BCUT2D eigenvalue weighted by Gasteiger charge is 2.47. The van der Waals surface area contributed by atoms with Crippen molar-refractivity contribution in [3.63, 3.8) is 0 Å². The fourth-order valence-electron chi connectivity index (χ4n) is 11.8. The zero-order valence-electron chi connectivity index (χ0n) is 45.6. The SMILES string of the molecule is Cc1cc2c3c(c1)N(c1ccc(C(C)(C)C)cc1-c1cccc(-c4ccc(C(C)(C)C)cc4)c1)c1cc4c(cc1B3c1cc(C(C)(C)C)ccc1N2c1ccc(C(C)(C)C)cc1)C(C)(C)CCC4(C)C. The fraction of sp³-hybridized carbons (Fsp3) is 0.373. The first-order valence-electron chi connectivity index (χ1n) is 26.2. The average molecular weight is 921 g/mol. The van der Waals surface area contributed by atoms with Gasteiger partial charge in [-0.05, 0) is 179 Å². The van der Waals surface area contributed by atoms with Gasteiger partial charge in [0.1, 0.15) is 0 Å². The molecule has 0 saturated carbocycles. The molecule has 2 aliphatic heterocycles. The highest BCUT2D eigenvalue weighted by Crippen LogP contribution is 2.52. The number of rotatable bonds is 4. The molecule has 3 heteroatoms. The van der Waals surface area contributed by atoms with Gasteiger partial charge in [0.25, 0.3) is 6.71 Å². The van der Waals surface area contributed by atoms with Crippen molar-refractivity contribution >= 4 is 57.2 Å². The second kappa shape index (κ2) is 16.1. The third-order valence-corrected chi connectivity index (χ3v) is 16.4. The lowest BCUT2D eigenvalue weighted by Crippen LogP contribution is -2.62. The molecule has 0 N–H and O–H groups in total. The van der Waals surface area contributed by atoms with E-state index in [1.54, 1.807) is 0 Å². The van der Waals surface area contributed by atoms with E-state index in [4.69, 9.17) is 0 Å². The molecular formula is C67H77BN2. The van der Waals surface area contributed by atoms with Crippen LogP contribution in [0.15, 0.2) is 133 Å². The smallest absolute Gasteiger partial charge is 0.252 e. The van der Waals surface area contributed by atoms with Crippen molar-refractivity contribution in [1.29, 1.82) is 0 Å². The number of nitrogens with zero attached hydrogens (tertiary/aromatic N) is 2. The van der Waals surface area contributed by atoms with Gasteiger partial charge < -0.3 is 9.80 Å². The van der Waals surface area contributed by atoms with Crippen LogP contribution < -0.4 is 26.2 Å². The molecule has 0 saturated heterocycles. The number of hydrogen-bond acceptors (Lipinski definition) is 2. The molecule has 7 aromatic carbocycles. The van der Waals surface area contributed by atoms with E-state index in [2.05, 4.69) is 261 Å². The Bertz CT molecular complexity index is 3190. The molecule has 0 spiro atoms. The van der Waals surface area contributed by atoms with Gasteiger partial charge in [-0.15, -0.1) is 0 Å². The Morgan fingerprint density at radius 2 is 0.871 bits per heavy atom. The Hall–Kier alpha value is -5.80. The van der Waals surface area contributed by atoms with E-state index >= 15 is 0 Å². The van der Waals surface area contributed by atoms with Crippen LogP contribution in [0.2, 0.25) is 0 Å². The van der Waals surface area contributed by atoms with Gasteiger partial charge in [0, 0.05) is 34.0 Å². The van der Waals surface area contributed by atoms with Gasteiger partial charge in [-0.2, -0.15) is 0 Å². The third-order valence-electron chi connectivity index (χ3n) is 16.4. The summed E-state index contributed by atoms with van der Waals surface area (Å²) in [6, 6.07) is 53.0. The first-order valence-corrected chi connectivity index (χ1v) is 26.2. The van der Waals surface area contributed by atoms with Crippen LogP contribution in [0.25, 0.3) is 22.3 Å². The summed E-state index contributed by atoms with van der Waals surface area (Å²) in [7, 11) is 0. The van der Waals surface area contributed by atoms with Crippen LogP contribution in [0, 0.1) is 6.92 Å². The fourth-order valence-corrected chi connectivity index (χ4v) is 11.8. The van der Waals surface area contributed by atoms with Crippen molar-refractivity contribution in [3.05, 3.63) is 172 Å². The molecule has 0 bridgehead atoms. The van der Waals surface area contributed by atoms with E-state index in [1.165, 1.54) is 112 Å². The zero-order chi connectivity index (χ0) is 50.2. The Morgan fingerprint density at radius 3 is 1.44 bits per heavy atom. The average Bonchev–Trinajstić information content (AvgIpc) is 3.28. The van der Waals surface area contributed by atoms with Gasteiger partial charge in [-0.3, -0.25) is 0 Å². The van der Waals surface area contributed by atoms with Crippen molar-refractivity contribution in [2.24, 2.45) is 0 Å². The molecule has 70 heavy (non-hydrogen) atoms. The number of anilines is 6. The molecule has 0 aromatic heterocycles. The Balaban J connectivity index is 1.30. The number of fused-ring (bicyclic) bond motifs is 5. The summed E-state index contributed by atoms with van der Waals surface area (Å²) >= 11 is 0. The summed E-state index contributed by atoms with van der Waals surface area (Å²) in [6.07, 6.45) is 2.32. The van der Waals surface area contributed by atoms with E-state index in [0.29, 0.717) is 0 Å². The van der Waals surface area contributed by atoms with E-state index in [1.807, 2.05) is 0 Å². The highest BCUT2D eigenvalue weighted by atomic mass is 15.2. The van der Waals surface area contributed by atoms with Gasteiger partial charge in [-0.25, -0.2) is 0 Å². The molecule has 2 heterocycles. The number of benzene rings is 7. The minimum Gasteiger partial charge on any atom is -0.311 e. The Kier molecular flexibility index (Phi) is 11.0. The lowest BCUT2D eigenvalue weighted by Gasteiger charge is -2.48. The maximum absolute atomic E-state index is 2.70. The van der Waals surface area contributed by atoms with E-state index in [9.17, 15) is 0 Å². The topological polar surface area (TPSA) is 6.48 Å². The minimum atomic E-state index is -0.0483. The highest BCUT2D eigenvalue weighted by molar-refractivity contribution is 7.00. The summed E-state index contributed by atoms with van der Waals surface area (Å²) in [5.74, 6) is 0. The second-order valence-electron chi connectivity index (χ2n) is 26.8. The van der Waals surface area contributed by atoms with Gasteiger partial charge in [0.15, 0.2) is 0 Å². The molecule has 0 unspecified atom stereocenters. The van der Waals surface area contributed by atoms with E-state index in [-0.39, 0.29) is 39.2 Å². The maximum Gasteiger partial charge on any atom is 0.252 e. The Labute approximate surface area is 422 Å². The van der Waals surface area contributed by atoms with Crippen molar-refractivity contribution in [1.82, 2.24) is 0 Å². The molecule has 0 radical (unpaired) electrons. The largest absolute Gasteiger partial charge is 0.311 e. The first-order chi connectivity index (χ1) is 32.6. The van der Waals surface area contributed by atoms with Crippen molar-refractivity contribution in [2.75, 3.05) is 9.80 Å². The summed E-state index contributed by atoms with van der Waals surface area (Å²) in [6.45, 7) is 40.2. The predicted molar refractivity (Wildman–Crippen MR) is 306 cm³/mol. The van der Waals surface area contributed by atoms with Gasteiger partial charge >= 0.3 is 0 Å². The summed E-state index contributed by atoms with van der Waals surface area (Å²) in [4.78, 5) is 5.28. The normalized spacial score (nSPS) is 16.1. The molecule has 358 valence electrons. The standard InChI is InChI=1S/C67H77BN2/c1-42-35-59-61-60(36-42)70(56-31-27-48(64(8,9)10)38-51(56)45-20-18-19-44(37-45)43-21-23-46(24-22-43)62(2,3)4)58-41-53-52(66(14,15)33-34-67(53,16)17)40-55(58)68(61)54-39-49(65(11,12)13)28-32-57(54)69(59)50-29-25-47(26-30-50)63(5,6)7/h18-32,35-41H,33-34H2,1-17H3. The van der Waals surface area contributed by atoms with Crippen LogP contribution >= 0.6 is 0 Å². The van der Waals surface area contributed by atoms with E-state index in [0.717, 1.165) is 12.8 Å². The van der Waals surface area contributed by atoms with Gasteiger partial charge in [-0.1, -0.05) is 190 Å². The van der Waals surface area contributed by atoms with Crippen molar-refractivity contribution in [2.45, 2.75) is 163 Å². The van der Waals surface area contributed by atoms with Crippen LogP contribution in [0.3, 0.4) is 0 Å². The molecule has 7 aromatic rings. The van der Waals surface area contributed by atoms with E-state index < -0.39 is 0 Å². The van der Waals surface area contributed by atoms with Crippen LogP contribution in [-0.4, -0.2) is 6.71 Å². The van der Waals surface area contributed by atoms with Crippen LogP contribution in [0.5, 0.6) is 0 Å². The molecule has 3 aliphatic rings. The molecule has 2 nitrogen and oxygen atoms in total. The van der Waals surface area contributed by atoms with Crippen molar-refractivity contribution in [3.8, 4) is 22.3 Å². The minimum absolute atomic E-state index is 0.0249. The van der Waals surface area contributed by atoms with Gasteiger partial charge in [0.2, 0.25) is 0 Å². The Morgan fingerprint density at radius 1 is 0.400 bits per heavy atom.